The van der Waals surface area contributed by atoms with Gasteiger partial charge in [0.15, 0.2) is 0 Å². The summed E-state index contributed by atoms with van der Waals surface area (Å²) >= 11 is 0. The van der Waals surface area contributed by atoms with Crippen molar-refractivity contribution >= 4 is 5.69 Å². The number of benzene rings is 1. The maximum absolute atomic E-state index is 11.7. The molecule has 0 saturated heterocycles. The molecule has 0 fully saturated rings. The number of nitrogens with zero attached hydrogens (tertiary/aromatic N) is 1. The molecule has 0 spiro atoms. The standard InChI is InChI=1S/C15H18N2O/c1-11-9-14(10-15(18)17(11)3)16-12(2)13-7-5-4-6-8-13/h4-10,12,16H,1-3H3. The average Bonchev–Trinajstić information content (AvgIpc) is 2.37. The van der Waals surface area contributed by atoms with Gasteiger partial charge in [0.1, 0.15) is 0 Å². The Morgan fingerprint density at radius 3 is 2.44 bits per heavy atom. The van der Waals surface area contributed by atoms with E-state index in [1.165, 1.54) is 5.56 Å². The van der Waals surface area contributed by atoms with Gasteiger partial charge in [-0.1, -0.05) is 30.3 Å². The summed E-state index contributed by atoms with van der Waals surface area (Å²) in [4.78, 5) is 11.7. The molecule has 1 atom stereocenters. The van der Waals surface area contributed by atoms with E-state index in [4.69, 9.17) is 0 Å². The van der Waals surface area contributed by atoms with Crippen LogP contribution in [0.4, 0.5) is 5.69 Å². The normalized spacial score (nSPS) is 12.2. The SMILES string of the molecule is Cc1cc(NC(C)c2ccccc2)cc(=O)n1C. The minimum atomic E-state index is 0.0118. The van der Waals surface area contributed by atoms with Gasteiger partial charge in [0, 0.05) is 30.5 Å². The van der Waals surface area contributed by atoms with Gasteiger partial charge in [-0.25, -0.2) is 0 Å². The molecule has 0 saturated carbocycles. The molecule has 1 N–H and O–H groups in total. The van der Waals surface area contributed by atoms with Crippen LogP contribution in [0.5, 0.6) is 0 Å². The Morgan fingerprint density at radius 1 is 1.17 bits per heavy atom. The molecule has 94 valence electrons. The molecule has 3 nitrogen and oxygen atoms in total. The molecule has 1 aromatic heterocycles. The highest BCUT2D eigenvalue weighted by atomic mass is 16.1. The molecular weight excluding hydrogens is 224 g/mol. The van der Waals surface area contributed by atoms with Crippen molar-refractivity contribution in [2.24, 2.45) is 7.05 Å². The largest absolute Gasteiger partial charge is 0.378 e. The summed E-state index contributed by atoms with van der Waals surface area (Å²) in [5.74, 6) is 0. The summed E-state index contributed by atoms with van der Waals surface area (Å²) in [6, 6.07) is 14.0. The Labute approximate surface area is 107 Å². The molecule has 0 aliphatic rings. The topological polar surface area (TPSA) is 34.0 Å². The van der Waals surface area contributed by atoms with Crippen molar-refractivity contribution in [3.63, 3.8) is 0 Å². The van der Waals surface area contributed by atoms with Crippen LogP contribution in [0.1, 0.15) is 24.2 Å². The van der Waals surface area contributed by atoms with E-state index in [9.17, 15) is 4.79 Å². The van der Waals surface area contributed by atoms with Gasteiger partial charge < -0.3 is 9.88 Å². The van der Waals surface area contributed by atoms with Crippen molar-refractivity contribution in [2.75, 3.05) is 5.32 Å². The fourth-order valence-corrected chi connectivity index (χ4v) is 1.93. The molecule has 18 heavy (non-hydrogen) atoms. The van der Waals surface area contributed by atoms with Crippen molar-refractivity contribution < 1.29 is 0 Å². The van der Waals surface area contributed by atoms with E-state index in [0.29, 0.717) is 0 Å². The smallest absolute Gasteiger partial charge is 0.252 e. The van der Waals surface area contributed by atoms with Crippen LogP contribution in [0.25, 0.3) is 0 Å². The average molecular weight is 242 g/mol. The number of pyridine rings is 1. The second kappa shape index (κ2) is 5.08. The van der Waals surface area contributed by atoms with Crippen molar-refractivity contribution in [1.29, 1.82) is 0 Å². The highest BCUT2D eigenvalue weighted by Crippen LogP contribution is 2.18. The summed E-state index contributed by atoms with van der Waals surface area (Å²) in [6.45, 7) is 4.02. The molecule has 2 rings (SSSR count). The lowest BCUT2D eigenvalue weighted by atomic mass is 10.1. The Bertz CT molecular complexity index is 587. The Balaban J connectivity index is 2.22. The van der Waals surface area contributed by atoms with E-state index < -0.39 is 0 Å². The van der Waals surface area contributed by atoms with Gasteiger partial charge in [0.25, 0.3) is 5.56 Å². The summed E-state index contributed by atoms with van der Waals surface area (Å²) in [5, 5.41) is 3.35. The second-order valence-electron chi connectivity index (χ2n) is 4.56. The molecule has 1 aromatic carbocycles. The molecule has 0 radical (unpaired) electrons. The highest BCUT2D eigenvalue weighted by molar-refractivity contribution is 5.45. The van der Waals surface area contributed by atoms with Crippen molar-refractivity contribution in [2.45, 2.75) is 19.9 Å². The fourth-order valence-electron chi connectivity index (χ4n) is 1.93. The number of nitrogens with one attached hydrogen (secondary N) is 1. The minimum Gasteiger partial charge on any atom is -0.378 e. The van der Waals surface area contributed by atoms with Crippen molar-refractivity contribution in [1.82, 2.24) is 4.57 Å². The lowest BCUT2D eigenvalue weighted by Gasteiger charge is -2.16. The molecule has 0 bridgehead atoms. The molecule has 1 unspecified atom stereocenters. The third kappa shape index (κ3) is 2.62. The number of hydrogen-bond donors (Lipinski definition) is 1. The van der Waals surface area contributed by atoms with Gasteiger partial charge in [-0.15, -0.1) is 0 Å². The quantitative estimate of drug-likeness (QED) is 0.898. The van der Waals surface area contributed by atoms with Gasteiger partial charge in [-0.3, -0.25) is 4.79 Å². The third-order valence-corrected chi connectivity index (χ3v) is 3.19. The van der Waals surface area contributed by atoms with E-state index in [-0.39, 0.29) is 11.6 Å². The van der Waals surface area contributed by atoms with Crippen molar-refractivity contribution in [3.8, 4) is 0 Å². The lowest BCUT2D eigenvalue weighted by molar-refractivity contribution is 0.812. The second-order valence-corrected chi connectivity index (χ2v) is 4.56. The van der Waals surface area contributed by atoms with Gasteiger partial charge in [-0.2, -0.15) is 0 Å². The molecule has 1 heterocycles. The fraction of sp³-hybridized carbons (Fsp3) is 0.267. The van der Waals surface area contributed by atoms with E-state index in [1.807, 2.05) is 31.2 Å². The highest BCUT2D eigenvalue weighted by Gasteiger charge is 2.06. The van der Waals surface area contributed by atoms with E-state index >= 15 is 0 Å². The lowest BCUT2D eigenvalue weighted by Crippen LogP contribution is -2.19. The van der Waals surface area contributed by atoms with Crippen LogP contribution < -0.4 is 10.9 Å². The Kier molecular flexibility index (Phi) is 3.51. The molecule has 2 aromatic rings. The summed E-state index contributed by atoms with van der Waals surface area (Å²) in [5.41, 5.74) is 3.03. The molecule has 0 amide bonds. The number of hydrogen-bond acceptors (Lipinski definition) is 2. The first-order valence-electron chi connectivity index (χ1n) is 6.07. The van der Waals surface area contributed by atoms with Crippen LogP contribution in [0, 0.1) is 6.92 Å². The summed E-state index contributed by atoms with van der Waals surface area (Å²) < 4.78 is 1.64. The molecular formula is C15H18N2O. The van der Waals surface area contributed by atoms with Crippen LogP contribution in [-0.4, -0.2) is 4.57 Å². The number of anilines is 1. The first-order valence-corrected chi connectivity index (χ1v) is 6.07. The molecule has 0 aliphatic heterocycles. The van der Waals surface area contributed by atoms with Gasteiger partial charge in [-0.05, 0) is 25.5 Å². The summed E-state index contributed by atoms with van der Waals surface area (Å²) in [7, 11) is 1.78. The van der Waals surface area contributed by atoms with E-state index in [2.05, 4.69) is 24.4 Å². The zero-order valence-corrected chi connectivity index (χ0v) is 11.0. The van der Waals surface area contributed by atoms with Crippen LogP contribution in [0.2, 0.25) is 0 Å². The van der Waals surface area contributed by atoms with E-state index in [1.54, 1.807) is 17.7 Å². The first kappa shape index (κ1) is 12.4. The van der Waals surface area contributed by atoms with Gasteiger partial charge in [0.2, 0.25) is 0 Å². The summed E-state index contributed by atoms with van der Waals surface area (Å²) in [6.07, 6.45) is 0. The predicted octanol–water partition coefficient (Wildman–Crippen LogP) is 2.87. The van der Waals surface area contributed by atoms with Crippen LogP contribution >= 0.6 is 0 Å². The Morgan fingerprint density at radius 2 is 1.83 bits per heavy atom. The van der Waals surface area contributed by atoms with E-state index in [0.717, 1.165) is 11.4 Å². The van der Waals surface area contributed by atoms with Gasteiger partial charge >= 0.3 is 0 Å². The van der Waals surface area contributed by atoms with Crippen LogP contribution in [0.15, 0.2) is 47.3 Å². The van der Waals surface area contributed by atoms with Crippen LogP contribution in [-0.2, 0) is 7.05 Å². The predicted molar refractivity (Wildman–Crippen MR) is 74.9 cm³/mol. The Hall–Kier alpha value is -2.03. The van der Waals surface area contributed by atoms with Crippen LogP contribution in [0.3, 0.4) is 0 Å². The minimum absolute atomic E-state index is 0.0118. The number of rotatable bonds is 3. The van der Waals surface area contributed by atoms with Gasteiger partial charge in [0.05, 0.1) is 0 Å². The third-order valence-electron chi connectivity index (χ3n) is 3.19. The number of aryl methyl sites for hydroxylation is 1. The first-order chi connectivity index (χ1) is 8.58. The zero-order chi connectivity index (χ0) is 13.1. The molecule has 3 heteroatoms. The maximum Gasteiger partial charge on any atom is 0.252 e. The zero-order valence-electron chi connectivity index (χ0n) is 11.0. The monoisotopic (exact) mass is 242 g/mol. The number of aromatic nitrogens is 1. The van der Waals surface area contributed by atoms with Crippen molar-refractivity contribution in [3.05, 3.63) is 64.1 Å². The maximum atomic E-state index is 11.7. The molecule has 0 aliphatic carbocycles.